The number of carbonyl (C=O) groups is 2. The second-order valence-electron chi connectivity index (χ2n) is 6.71. The Bertz CT molecular complexity index is 816. The summed E-state index contributed by atoms with van der Waals surface area (Å²) >= 11 is 0. The molecule has 142 valence electrons. The van der Waals surface area contributed by atoms with Crippen molar-refractivity contribution in [2.45, 2.75) is 32.1 Å². The molecule has 3 rings (SSSR count). The van der Waals surface area contributed by atoms with E-state index in [1.165, 1.54) is 17.5 Å². The van der Waals surface area contributed by atoms with Crippen LogP contribution in [0.1, 0.15) is 28.7 Å². The Labute approximate surface area is 159 Å². The van der Waals surface area contributed by atoms with E-state index in [0.717, 1.165) is 29.7 Å². The fourth-order valence-corrected chi connectivity index (χ4v) is 3.40. The highest BCUT2D eigenvalue weighted by Crippen LogP contribution is 2.23. The van der Waals surface area contributed by atoms with Crippen LogP contribution in [0.2, 0.25) is 0 Å². The van der Waals surface area contributed by atoms with Crippen molar-refractivity contribution in [2.75, 3.05) is 20.3 Å². The first kappa shape index (κ1) is 19.0. The van der Waals surface area contributed by atoms with Gasteiger partial charge < -0.3 is 14.8 Å². The number of esters is 1. The lowest BCUT2D eigenvalue weighted by Gasteiger charge is -2.09. The van der Waals surface area contributed by atoms with Crippen molar-refractivity contribution in [3.05, 3.63) is 64.7 Å². The van der Waals surface area contributed by atoms with Gasteiger partial charge in [-0.15, -0.1) is 0 Å². The number of amides is 1. The number of ether oxygens (including phenoxy) is 2. The summed E-state index contributed by atoms with van der Waals surface area (Å²) < 4.78 is 10.4. The normalized spacial score (nSPS) is 12.3. The smallest absolute Gasteiger partial charge is 0.310 e. The van der Waals surface area contributed by atoms with Crippen LogP contribution in [0.15, 0.2) is 42.5 Å². The number of benzene rings is 2. The molecule has 0 fully saturated rings. The van der Waals surface area contributed by atoms with Crippen LogP contribution in [0, 0.1) is 0 Å². The third kappa shape index (κ3) is 5.33. The molecule has 5 heteroatoms. The molecule has 0 atom stereocenters. The first-order valence-corrected chi connectivity index (χ1v) is 9.30. The molecule has 0 spiro atoms. The number of para-hydroxylation sites is 1. The first-order valence-electron chi connectivity index (χ1n) is 9.30. The van der Waals surface area contributed by atoms with Crippen LogP contribution in [-0.2, 0) is 40.0 Å². The predicted molar refractivity (Wildman–Crippen MR) is 103 cm³/mol. The Balaban J connectivity index is 1.38. The highest BCUT2D eigenvalue weighted by molar-refractivity contribution is 5.81. The van der Waals surface area contributed by atoms with Crippen LogP contribution < -0.4 is 10.1 Å². The van der Waals surface area contributed by atoms with Gasteiger partial charge in [-0.2, -0.15) is 0 Å². The van der Waals surface area contributed by atoms with E-state index in [4.69, 9.17) is 9.47 Å². The minimum atomic E-state index is -0.382. The van der Waals surface area contributed by atoms with Crippen LogP contribution >= 0.6 is 0 Å². The third-order valence-electron chi connectivity index (χ3n) is 4.78. The summed E-state index contributed by atoms with van der Waals surface area (Å²) in [6.45, 7) is 0.206. The molecule has 1 amide bonds. The second-order valence-corrected chi connectivity index (χ2v) is 6.71. The van der Waals surface area contributed by atoms with Crippen molar-refractivity contribution in [3.8, 4) is 5.75 Å². The summed E-state index contributed by atoms with van der Waals surface area (Å²) in [5.41, 5.74) is 4.67. The molecule has 0 heterocycles. The van der Waals surface area contributed by atoms with Crippen molar-refractivity contribution in [2.24, 2.45) is 0 Å². The number of fused-ring (bicyclic) bond motifs is 1. The molecule has 0 aliphatic heterocycles. The molecule has 0 bridgehead atoms. The first-order chi connectivity index (χ1) is 13.2. The fourth-order valence-electron chi connectivity index (χ4n) is 3.40. The van der Waals surface area contributed by atoms with E-state index in [1.54, 1.807) is 7.11 Å². The molecule has 1 N–H and O–H groups in total. The van der Waals surface area contributed by atoms with Gasteiger partial charge in [-0.05, 0) is 54.0 Å². The number of rotatable bonds is 8. The van der Waals surface area contributed by atoms with Gasteiger partial charge in [0.2, 0.25) is 0 Å². The molecule has 2 aromatic carbocycles. The van der Waals surface area contributed by atoms with E-state index < -0.39 is 0 Å². The maximum atomic E-state index is 12.0. The van der Waals surface area contributed by atoms with Gasteiger partial charge in [-0.3, -0.25) is 9.59 Å². The van der Waals surface area contributed by atoms with Crippen molar-refractivity contribution in [1.82, 2.24) is 5.32 Å². The minimum Gasteiger partial charge on any atom is -0.496 e. The Kier molecular flexibility index (Phi) is 6.47. The Morgan fingerprint density at radius 1 is 1.07 bits per heavy atom. The van der Waals surface area contributed by atoms with Gasteiger partial charge in [0.15, 0.2) is 6.61 Å². The van der Waals surface area contributed by atoms with E-state index in [-0.39, 0.29) is 24.9 Å². The van der Waals surface area contributed by atoms with Crippen LogP contribution in [0.5, 0.6) is 5.75 Å². The number of hydrogen-bond donors (Lipinski definition) is 1. The summed E-state index contributed by atoms with van der Waals surface area (Å²) in [5.74, 6) is 0.118. The van der Waals surface area contributed by atoms with E-state index in [2.05, 4.69) is 17.4 Å². The SMILES string of the molecule is COc1ccccc1CCNC(=O)COC(=O)Cc1ccc2c(c1)CCC2. The highest BCUT2D eigenvalue weighted by Gasteiger charge is 2.13. The minimum absolute atomic E-state index is 0.196. The molecular weight excluding hydrogens is 342 g/mol. The molecule has 0 unspecified atom stereocenters. The van der Waals surface area contributed by atoms with E-state index >= 15 is 0 Å². The zero-order valence-electron chi connectivity index (χ0n) is 15.6. The quantitative estimate of drug-likeness (QED) is 0.729. The van der Waals surface area contributed by atoms with Crippen LogP contribution in [0.25, 0.3) is 0 Å². The predicted octanol–water partition coefficient (Wildman–Crippen LogP) is 2.63. The van der Waals surface area contributed by atoms with Gasteiger partial charge in [0.05, 0.1) is 13.5 Å². The Morgan fingerprint density at radius 2 is 1.89 bits per heavy atom. The second kappa shape index (κ2) is 9.21. The van der Waals surface area contributed by atoms with Gasteiger partial charge in [0.25, 0.3) is 5.91 Å². The lowest BCUT2D eigenvalue weighted by atomic mass is 10.0. The van der Waals surface area contributed by atoms with Crippen molar-refractivity contribution < 1.29 is 19.1 Å². The van der Waals surface area contributed by atoms with Crippen LogP contribution in [0.4, 0.5) is 0 Å². The molecule has 5 nitrogen and oxygen atoms in total. The standard InChI is InChI=1S/C22H25NO4/c1-26-20-8-3-2-5-18(20)11-12-23-21(24)15-27-22(25)14-16-9-10-17-6-4-7-19(17)13-16/h2-3,5,8-10,13H,4,6-7,11-12,14-15H2,1H3,(H,23,24). The van der Waals surface area contributed by atoms with Gasteiger partial charge in [-0.25, -0.2) is 0 Å². The zero-order chi connectivity index (χ0) is 19.1. The van der Waals surface area contributed by atoms with Crippen molar-refractivity contribution >= 4 is 11.9 Å². The maximum Gasteiger partial charge on any atom is 0.310 e. The van der Waals surface area contributed by atoms with Gasteiger partial charge >= 0.3 is 5.97 Å². The lowest BCUT2D eigenvalue weighted by Crippen LogP contribution is -2.30. The zero-order valence-corrected chi connectivity index (χ0v) is 15.6. The summed E-state index contributed by atoms with van der Waals surface area (Å²) in [6.07, 6.45) is 4.22. The Hall–Kier alpha value is -2.82. The number of aryl methyl sites for hydroxylation is 2. The molecule has 0 aromatic heterocycles. The third-order valence-corrected chi connectivity index (χ3v) is 4.78. The molecule has 1 aliphatic carbocycles. The fraction of sp³-hybridized carbons (Fsp3) is 0.364. The summed E-state index contributed by atoms with van der Waals surface area (Å²) in [6, 6.07) is 13.8. The molecule has 1 aliphatic rings. The van der Waals surface area contributed by atoms with Gasteiger partial charge in [0.1, 0.15) is 5.75 Å². The largest absolute Gasteiger partial charge is 0.496 e. The van der Waals surface area contributed by atoms with E-state index in [9.17, 15) is 9.59 Å². The topological polar surface area (TPSA) is 64.6 Å². The summed E-state index contributed by atoms with van der Waals surface area (Å²) in [7, 11) is 1.62. The van der Waals surface area contributed by atoms with Crippen LogP contribution in [-0.4, -0.2) is 32.1 Å². The van der Waals surface area contributed by atoms with Gasteiger partial charge in [-0.1, -0.05) is 36.4 Å². The molecule has 0 saturated carbocycles. The average molecular weight is 367 g/mol. The lowest BCUT2D eigenvalue weighted by molar-refractivity contribution is -0.147. The highest BCUT2D eigenvalue weighted by atomic mass is 16.5. The molecular formula is C22H25NO4. The molecule has 2 aromatic rings. The number of carbonyl (C=O) groups excluding carboxylic acids is 2. The molecule has 0 saturated heterocycles. The van der Waals surface area contributed by atoms with Crippen molar-refractivity contribution in [1.29, 1.82) is 0 Å². The number of methoxy groups -OCH3 is 1. The molecule has 0 radical (unpaired) electrons. The summed E-state index contributed by atoms with van der Waals surface area (Å²) in [4.78, 5) is 23.9. The van der Waals surface area contributed by atoms with Crippen molar-refractivity contribution in [3.63, 3.8) is 0 Å². The average Bonchev–Trinajstić information content (AvgIpc) is 3.14. The van der Waals surface area contributed by atoms with Gasteiger partial charge in [0, 0.05) is 6.54 Å². The Morgan fingerprint density at radius 3 is 2.74 bits per heavy atom. The summed E-state index contributed by atoms with van der Waals surface area (Å²) in [5, 5.41) is 2.76. The number of nitrogens with one attached hydrogen (secondary N) is 1. The number of hydrogen-bond acceptors (Lipinski definition) is 4. The van der Waals surface area contributed by atoms with E-state index in [0.29, 0.717) is 13.0 Å². The monoisotopic (exact) mass is 367 g/mol. The van der Waals surface area contributed by atoms with Crippen LogP contribution in [0.3, 0.4) is 0 Å². The maximum absolute atomic E-state index is 12.0. The molecule has 27 heavy (non-hydrogen) atoms. The van der Waals surface area contributed by atoms with E-state index in [1.807, 2.05) is 30.3 Å².